The van der Waals surface area contributed by atoms with Crippen LogP contribution >= 0.6 is 11.6 Å². The van der Waals surface area contributed by atoms with Gasteiger partial charge in [0.25, 0.3) is 5.91 Å². The van der Waals surface area contributed by atoms with Crippen molar-refractivity contribution in [1.82, 2.24) is 0 Å². The third kappa shape index (κ3) is 6.49. The van der Waals surface area contributed by atoms with Gasteiger partial charge in [0.15, 0.2) is 18.1 Å². The minimum atomic E-state index is -0.296. The summed E-state index contributed by atoms with van der Waals surface area (Å²) in [6, 6.07) is 20.0. The van der Waals surface area contributed by atoms with Gasteiger partial charge in [0.1, 0.15) is 5.75 Å². The first-order valence-corrected chi connectivity index (χ1v) is 10.1. The molecule has 0 unspecified atom stereocenters. The minimum Gasteiger partial charge on any atom is -0.497 e. The number of nitrogens with zero attached hydrogens (tertiary/aromatic N) is 1. The summed E-state index contributed by atoms with van der Waals surface area (Å²) in [5.41, 5.74) is 2.20. The first kappa shape index (κ1) is 22.2. The molecule has 1 N–H and O–H groups in total. The standard InChI is InChI=1S/C24H23ClN2O4/c1-3-30-22-14-17(15-26-18-9-11-20(29-2)12-10-18)13-21(25)24(22)31-16-23(28)27-19-7-5-4-6-8-19/h4-15H,3,16H2,1-2H3,(H,27,28). The molecule has 160 valence electrons. The number of halogens is 1. The fourth-order valence-electron chi connectivity index (χ4n) is 2.74. The Balaban J connectivity index is 1.71. The number of aliphatic imine (C=N–C) groups is 1. The number of hydrogen-bond donors (Lipinski definition) is 1. The molecule has 0 aliphatic heterocycles. The maximum atomic E-state index is 12.2. The molecular formula is C24H23ClN2O4. The summed E-state index contributed by atoms with van der Waals surface area (Å²) >= 11 is 6.42. The number of anilines is 1. The van der Waals surface area contributed by atoms with Crippen LogP contribution in [-0.2, 0) is 4.79 Å². The largest absolute Gasteiger partial charge is 0.497 e. The Kier molecular flexibility index (Phi) is 7.90. The second-order valence-electron chi connectivity index (χ2n) is 6.42. The number of ether oxygens (including phenoxy) is 3. The smallest absolute Gasteiger partial charge is 0.262 e. The lowest BCUT2D eigenvalue weighted by molar-refractivity contribution is -0.118. The Morgan fingerprint density at radius 1 is 1.06 bits per heavy atom. The number of nitrogens with one attached hydrogen (secondary N) is 1. The lowest BCUT2D eigenvalue weighted by atomic mass is 10.2. The summed E-state index contributed by atoms with van der Waals surface area (Å²) in [5, 5.41) is 3.09. The van der Waals surface area contributed by atoms with Crippen molar-refractivity contribution in [3.05, 3.63) is 77.3 Å². The van der Waals surface area contributed by atoms with E-state index in [1.54, 1.807) is 37.6 Å². The number of benzene rings is 3. The number of carbonyl (C=O) groups excluding carboxylic acids is 1. The van der Waals surface area contributed by atoms with Gasteiger partial charge >= 0.3 is 0 Å². The van der Waals surface area contributed by atoms with Crippen LogP contribution in [0.3, 0.4) is 0 Å². The molecule has 0 saturated heterocycles. The van der Waals surface area contributed by atoms with E-state index < -0.39 is 0 Å². The van der Waals surface area contributed by atoms with Crippen molar-refractivity contribution in [2.45, 2.75) is 6.92 Å². The van der Waals surface area contributed by atoms with Crippen molar-refractivity contribution < 1.29 is 19.0 Å². The van der Waals surface area contributed by atoms with Crippen LogP contribution in [0.4, 0.5) is 11.4 Å². The van der Waals surface area contributed by atoms with Crippen LogP contribution in [0, 0.1) is 0 Å². The monoisotopic (exact) mass is 438 g/mol. The zero-order valence-corrected chi connectivity index (χ0v) is 18.1. The van der Waals surface area contributed by atoms with Gasteiger partial charge in [-0.3, -0.25) is 9.79 Å². The highest BCUT2D eigenvalue weighted by molar-refractivity contribution is 6.32. The fraction of sp³-hybridized carbons (Fsp3) is 0.167. The third-order valence-electron chi connectivity index (χ3n) is 4.17. The predicted molar refractivity (Wildman–Crippen MR) is 123 cm³/mol. The average Bonchev–Trinajstić information content (AvgIpc) is 2.78. The lowest BCUT2D eigenvalue weighted by Crippen LogP contribution is -2.20. The van der Waals surface area contributed by atoms with Crippen LogP contribution in [0.2, 0.25) is 5.02 Å². The van der Waals surface area contributed by atoms with Crippen molar-refractivity contribution >= 4 is 35.1 Å². The van der Waals surface area contributed by atoms with Gasteiger partial charge in [0, 0.05) is 11.9 Å². The van der Waals surface area contributed by atoms with Gasteiger partial charge in [-0.05, 0) is 61.0 Å². The molecule has 31 heavy (non-hydrogen) atoms. The SMILES string of the molecule is CCOc1cc(C=Nc2ccc(OC)cc2)cc(Cl)c1OCC(=O)Nc1ccccc1. The van der Waals surface area contributed by atoms with E-state index in [1.807, 2.05) is 49.4 Å². The van der Waals surface area contributed by atoms with E-state index >= 15 is 0 Å². The maximum Gasteiger partial charge on any atom is 0.262 e. The maximum absolute atomic E-state index is 12.2. The number of carbonyl (C=O) groups is 1. The van der Waals surface area contributed by atoms with Gasteiger partial charge in [-0.1, -0.05) is 29.8 Å². The molecule has 7 heteroatoms. The Labute approximate surface area is 186 Å². The molecule has 0 atom stereocenters. The van der Waals surface area contributed by atoms with Crippen LogP contribution in [-0.4, -0.2) is 32.4 Å². The zero-order valence-electron chi connectivity index (χ0n) is 17.3. The number of rotatable bonds is 9. The van der Waals surface area contributed by atoms with Crippen molar-refractivity contribution in [3.8, 4) is 17.2 Å². The molecule has 6 nitrogen and oxygen atoms in total. The molecule has 3 rings (SSSR count). The van der Waals surface area contributed by atoms with E-state index in [0.29, 0.717) is 28.8 Å². The Hall–Kier alpha value is -3.51. The highest BCUT2D eigenvalue weighted by Gasteiger charge is 2.14. The molecule has 0 heterocycles. The number of para-hydroxylation sites is 1. The van der Waals surface area contributed by atoms with E-state index in [1.165, 1.54) is 0 Å². The van der Waals surface area contributed by atoms with E-state index in [2.05, 4.69) is 10.3 Å². The number of amides is 1. The van der Waals surface area contributed by atoms with Crippen LogP contribution in [0.25, 0.3) is 0 Å². The van der Waals surface area contributed by atoms with E-state index in [0.717, 1.165) is 17.0 Å². The first-order valence-electron chi connectivity index (χ1n) is 9.71. The van der Waals surface area contributed by atoms with Gasteiger partial charge in [0.05, 0.1) is 24.4 Å². The second kappa shape index (κ2) is 11.0. The first-order chi connectivity index (χ1) is 15.1. The molecule has 0 saturated carbocycles. The third-order valence-corrected chi connectivity index (χ3v) is 4.45. The van der Waals surface area contributed by atoms with Crippen LogP contribution in [0.5, 0.6) is 17.2 Å². The molecule has 0 spiro atoms. The second-order valence-corrected chi connectivity index (χ2v) is 6.83. The molecule has 0 aliphatic carbocycles. The van der Waals surface area contributed by atoms with Crippen molar-refractivity contribution in [2.75, 3.05) is 25.6 Å². The van der Waals surface area contributed by atoms with Gasteiger partial charge < -0.3 is 19.5 Å². The molecular weight excluding hydrogens is 416 g/mol. The Morgan fingerprint density at radius 3 is 2.48 bits per heavy atom. The molecule has 0 fully saturated rings. The average molecular weight is 439 g/mol. The Morgan fingerprint density at radius 2 is 1.81 bits per heavy atom. The van der Waals surface area contributed by atoms with E-state index in [9.17, 15) is 4.79 Å². The number of methoxy groups -OCH3 is 1. The summed E-state index contributed by atoms with van der Waals surface area (Å²) in [4.78, 5) is 16.6. The normalized spacial score (nSPS) is 10.7. The van der Waals surface area contributed by atoms with E-state index in [4.69, 9.17) is 25.8 Å². The Bertz CT molecular complexity index is 1040. The highest BCUT2D eigenvalue weighted by atomic mass is 35.5. The van der Waals surface area contributed by atoms with Crippen molar-refractivity contribution in [3.63, 3.8) is 0 Å². The molecule has 3 aromatic carbocycles. The van der Waals surface area contributed by atoms with Gasteiger partial charge in [0.2, 0.25) is 0 Å². The summed E-state index contributed by atoms with van der Waals surface area (Å²) < 4.78 is 16.5. The van der Waals surface area contributed by atoms with Crippen molar-refractivity contribution in [1.29, 1.82) is 0 Å². The number of hydrogen-bond acceptors (Lipinski definition) is 5. The molecule has 0 aromatic heterocycles. The topological polar surface area (TPSA) is 69.1 Å². The molecule has 0 bridgehead atoms. The summed E-state index contributed by atoms with van der Waals surface area (Å²) in [6.07, 6.45) is 1.68. The van der Waals surface area contributed by atoms with Crippen LogP contribution in [0.15, 0.2) is 71.7 Å². The molecule has 1 amide bonds. The molecule has 0 aliphatic rings. The molecule has 3 aromatic rings. The fourth-order valence-corrected chi connectivity index (χ4v) is 3.01. The summed E-state index contributed by atoms with van der Waals surface area (Å²) in [6.45, 7) is 2.08. The van der Waals surface area contributed by atoms with Gasteiger partial charge in [-0.15, -0.1) is 0 Å². The molecule has 0 radical (unpaired) electrons. The lowest BCUT2D eigenvalue weighted by Gasteiger charge is -2.14. The summed E-state index contributed by atoms with van der Waals surface area (Å²) in [5.74, 6) is 1.22. The van der Waals surface area contributed by atoms with Crippen molar-refractivity contribution in [2.24, 2.45) is 4.99 Å². The van der Waals surface area contributed by atoms with Crippen LogP contribution in [0.1, 0.15) is 12.5 Å². The van der Waals surface area contributed by atoms with Gasteiger partial charge in [-0.25, -0.2) is 0 Å². The zero-order chi connectivity index (χ0) is 22.1. The minimum absolute atomic E-state index is 0.200. The predicted octanol–water partition coefficient (Wildman–Crippen LogP) is 5.52. The van der Waals surface area contributed by atoms with Gasteiger partial charge in [-0.2, -0.15) is 0 Å². The summed E-state index contributed by atoms with van der Waals surface area (Å²) in [7, 11) is 1.62. The van der Waals surface area contributed by atoms with Crippen LogP contribution < -0.4 is 19.5 Å². The quantitative estimate of drug-likeness (QED) is 0.447. The van der Waals surface area contributed by atoms with E-state index in [-0.39, 0.29) is 12.5 Å². The highest BCUT2D eigenvalue weighted by Crippen LogP contribution is 2.36.